The van der Waals surface area contributed by atoms with Gasteiger partial charge in [0.15, 0.2) is 0 Å². The number of esters is 1. The second-order valence-corrected chi connectivity index (χ2v) is 3.25. The summed E-state index contributed by atoms with van der Waals surface area (Å²) in [6.07, 6.45) is 2.94. The van der Waals surface area contributed by atoms with Crippen molar-refractivity contribution in [1.82, 2.24) is 0 Å². The zero-order chi connectivity index (χ0) is 6.85. The summed E-state index contributed by atoms with van der Waals surface area (Å²) in [5.74, 6) is -0.0463. The van der Waals surface area contributed by atoms with Gasteiger partial charge >= 0.3 is 5.97 Å². The maximum absolute atomic E-state index is 10.8. The second-order valence-electron chi connectivity index (χ2n) is 2.21. The van der Waals surface area contributed by atoms with Crippen molar-refractivity contribution in [3.8, 4) is 0 Å². The number of thioether (sulfide) groups is 1. The first-order valence-electron chi connectivity index (χ1n) is 2.97. The highest BCUT2D eigenvalue weighted by atomic mass is 32.2. The van der Waals surface area contributed by atoms with Crippen molar-refractivity contribution in [2.24, 2.45) is 0 Å². The quantitative estimate of drug-likeness (QED) is 0.517. The van der Waals surface area contributed by atoms with Crippen LogP contribution in [0, 0.1) is 0 Å². The summed E-state index contributed by atoms with van der Waals surface area (Å²) in [5, 5.41) is 0.0972. The highest BCUT2D eigenvalue weighted by Gasteiger charge is 2.30. The van der Waals surface area contributed by atoms with Gasteiger partial charge in [-0.15, -0.1) is 0 Å². The molecule has 9 heavy (non-hydrogen) atoms. The molecule has 1 saturated heterocycles. The molecule has 0 N–H and O–H groups in total. The Morgan fingerprint density at radius 3 is 2.67 bits per heavy atom. The van der Waals surface area contributed by atoms with Crippen LogP contribution < -0.4 is 0 Å². The van der Waals surface area contributed by atoms with Crippen LogP contribution in [0.5, 0.6) is 0 Å². The lowest BCUT2D eigenvalue weighted by atomic mass is 10.3. The molecule has 1 heterocycles. The summed E-state index contributed by atoms with van der Waals surface area (Å²) >= 11 is 1.57. The second kappa shape index (κ2) is 2.60. The Morgan fingerprint density at radius 1 is 1.78 bits per heavy atom. The Kier molecular flexibility index (Phi) is 2.01. The predicted octanol–water partition coefficient (Wildman–Crippen LogP) is 1.05. The molecular weight excluding hydrogens is 136 g/mol. The Morgan fingerprint density at radius 2 is 2.44 bits per heavy atom. The number of rotatable bonds is 1. The van der Waals surface area contributed by atoms with Crippen LogP contribution in [0.4, 0.5) is 0 Å². The van der Waals surface area contributed by atoms with Gasteiger partial charge in [-0.2, -0.15) is 11.8 Å². The summed E-state index contributed by atoms with van der Waals surface area (Å²) in [6.45, 7) is 1.92. The van der Waals surface area contributed by atoms with E-state index >= 15 is 0 Å². The van der Waals surface area contributed by atoms with Crippen LogP contribution >= 0.6 is 11.8 Å². The van der Waals surface area contributed by atoms with Gasteiger partial charge in [-0.05, 0) is 13.2 Å². The van der Waals surface area contributed by atoms with E-state index in [2.05, 4.69) is 0 Å². The van der Waals surface area contributed by atoms with Crippen LogP contribution in [0.1, 0.15) is 13.3 Å². The van der Waals surface area contributed by atoms with Gasteiger partial charge < -0.3 is 4.74 Å². The van der Waals surface area contributed by atoms with Crippen molar-refractivity contribution in [3.05, 3.63) is 0 Å². The molecule has 2 atom stereocenters. The van der Waals surface area contributed by atoms with Crippen LogP contribution in [0.25, 0.3) is 0 Å². The Balaban J connectivity index is 2.48. The zero-order valence-corrected chi connectivity index (χ0v) is 6.40. The van der Waals surface area contributed by atoms with Crippen LogP contribution in [0.3, 0.4) is 0 Å². The minimum absolute atomic E-state index is 0.0463. The fourth-order valence-electron chi connectivity index (χ4n) is 0.912. The molecule has 52 valence electrons. The Hall–Kier alpha value is -0.180. The summed E-state index contributed by atoms with van der Waals surface area (Å²) in [6, 6.07) is 0. The molecule has 3 heteroatoms. The van der Waals surface area contributed by atoms with E-state index in [1.54, 1.807) is 11.8 Å². The van der Waals surface area contributed by atoms with Crippen molar-refractivity contribution < 1.29 is 9.53 Å². The van der Waals surface area contributed by atoms with Gasteiger partial charge in [-0.1, -0.05) is 0 Å². The topological polar surface area (TPSA) is 26.3 Å². The number of ether oxygens (including phenoxy) is 1. The fourth-order valence-corrected chi connectivity index (χ4v) is 1.62. The largest absolute Gasteiger partial charge is 0.462 e. The lowest BCUT2D eigenvalue weighted by molar-refractivity contribution is -0.140. The van der Waals surface area contributed by atoms with Crippen molar-refractivity contribution >= 4 is 17.7 Å². The molecule has 0 bridgehead atoms. The average molecular weight is 146 g/mol. The van der Waals surface area contributed by atoms with E-state index in [1.165, 1.54) is 0 Å². The van der Waals surface area contributed by atoms with Crippen molar-refractivity contribution in [1.29, 1.82) is 0 Å². The third-order valence-electron chi connectivity index (χ3n) is 1.41. The van der Waals surface area contributed by atoms with E-state index in [-0.39, 0.29) is 17.3 Å². The molecule has 0 radical (unpaired) electrons. The Bertz CT molecular complexity index is 124. The third kappa shape index (κ3) is 1.39. The average Bonchev–Trinajstić information content (AvgIpc) is 2.10. The molecule has 1 aliphatic heterocycles. The molecule has 1 rings (SSSR count). The predicted molar refractivity (Wildman–Crippen MR) is 37.5 cm³/mol. The summed E-state index contributed by atoms with van der Waals surface area (Å²) in [7, 11) is 0. The fraction of sp³-hybridized carbons (Fsp3) is 0.833. The molecule has 0 aromatic carbocycles. The van der Waals surface area contributed by atoms with Crippen LogP contribution in [0.2, 0.25) is 0 Å². The first-order chi connectivity index (χ1) is 4.24. The summed E-state index contributed by atoms with van der Waals surface area (Å²) in [4.78, 5) is 10.8. The number of carbonyl (C=O) groups excluding carboxylic acids is 1. The van der Waals surface area contributed by atoms with E-state index < -0.39 is 0 Å². The first kappa shape index (κ1) is 6.93. The van der Waals surface area contributed by atoms with Gasteiger partial charge in [0, 0.05) is 6.42 Å². The summed E-state index contributed by atoms with van der Waals surface area (Å²) in [5.41, 5.74) is 0. The SMILES string of the molecule is CSC1CC(C)OC1=O. The lowest BCUT2D eigenvalue weighted by Gasteiger charge is -1.95. The van der Waals surface area contributed by atoms with Gasteiger partial charge in [-0.3, -0.25) is 4.79 Å². The zero-order valence-electron chi connectivity index (χ0n) is 5.59. The Labute approximate surface area is 59.0 Å². The lowest BCUT2D eigenvalue weighted by Crippen LogP contribution is -2.08. The normalized spacial score (nSPS) is 34.7. The number of hydrogen-bond acceptors (Lipinski definition) is 3. The third-order valence-corrected chi connectivity index (χ3v) is 2.36. The minimum Gasteiger partial charge on any atom is -0.462 e. The smallest absolute Gasteiger partial charge is 0.319 e. The van der Waals surface area contributed by atoms with E-state index in [0.717, 1.165) is 6.42 Å². The molecule has 1 fully saturated rings. The van der Waals surface area contributed by atoms with E-state index in [9.17, 15) is 4.79 Å². The molecule has 0 aromatic rings. The number of carbonyl (C=O) groups is 1. The monoisotopic (exact) mass is 146 g/mol. The molecule has 0 saturated carbocycles. The van der Waals surface area contributed by atoms with Crippen molar-refractivity contribution in [2.45, 2.75) is 24.7 Å². The maximum atomic E-state index is 10.8. The first-order valence-corrected chi connectivity index (χ1v) is 4.26. The van der Waals surface area contributed by atoms with Gasteiger partial charge in [0.05, 0.1) is 0 Å². The number of cyclic esters (lactones) is 1. The van der Waals surface area contributed by atoms with Crippen molar-refractivity contribution in [3.63, 3.8) is 0 Å². The van der Waals surface area contributed by atoms with Gasteiger partial charge in [0.1, 0.15) is 11.4 Å². The molecule has 0 aliphatic carbocycles. The molecule has 0 spiro atoms. The molecule has 2 nitrogen and oxygen atoms in total. The van der Waals surface area contributed by atoms with Crippen molar-refractivity contribution in [2.75, 3.05) is 6.26 Å². The molecule has 2 unspecified atom stereocenters. The van der Waals surface area contributed by atoms with Gasteiger partial charge in [0.2, 0.25) is 0 Å². The van der Waals surface area contributed by atoms with Crippen LogP contribution in [0.15, 0.2) is 0 Å². The van der Waals surface area contributed by atoms with Crippen LogP contribution in [-0.4, -0.2) is 23.6 Å². The highest BCUT2D eigenvalue weighted by molar-refractivity contribution is 7.99. The molecule has 0 aromatic heterocycles. The molecular formula is C6H10O2S. The summed E-state index contributed by atoms with van der Waals surface area (Å²) < 4.78 is 4.90. The standard InChI is InChI=1S/C6H10O2S/c1-4-3-5(9-2)6(7)8-4/h4-5H,3H2,1-2H3. The van der Waals surface area contributed by atoms with Gasteiger partial charge in [-0.25, -0.2) is 0 Å². The van der Waals surface area contributed by atoms with Crippen LogP contribution in [-0.2, 0) is 9.53 Å². The van der Waals surface area contributed by atoms with E-state index in [1.807, 2.05) is 13.2 Å². The van der Waals surface area contributed by atoms with E-state index in [0.29, 0.717) is 0 Å². The van der Waals surface area contributed by atoms with E-state index in [4.69, 9.17) is 4.74 Å². The minimum atomic E-state index is -0.0463. The molecule has 1 aliphatic rings. The highest BCUT2D eigenvalue weighted by Crippen LogP contribution is 2.23. The van der Waals surface area contributed by atoms with Gasteiger partial charge in [0.25, 0.3) is 0 Å². The molecule has 0 amide bonds. The number of hydrogen-bond donors (Lipinski definition) is 0. The maximum Gasteiger partial charge on any atom is 0.319 e.